The van der Waals surface area contributed by atoms with Gasteiger partial charge in [-0.05, 0) is 24.3 Å². The van der Waals surface area contributed by atoms with Gasteiger partial charge in [-0.3, -0.25) is 0 Å². The Morgan fingerprint density at radius 1 is 1.29 bits per heavy atom. The molecular formula is C12H12ClN3O. The number of nitrogens with two attached hydrogens (primary N) is 1. The minimum absolute atomic E-state index is 0.423. The summed E-state index contributed by atoms with van der Waals surface area (Å²) in [5.41, 5.74) is 7.18. The first kappa shape index (κ1) is 11.5. The third-order valence-corrected chi connectivity index (χ3v) is 2.61. The van der Waals surface area contributed by atoms with Gasteiger partial charge in [-0.1, -0.05) is 11.6 Å². The van der Waals surface area contributed by atoms with E-state index in [1.165, 1.54) is 0 Å². The number of hydrogen-bond donors (Lipinski definition) is 2. The molecule has 1 aromatic heterocycles. The van der Waals surface area contributed by atoms with Gasteiger partial charge >= 0.3 is 0 Å². The van der Waals surface area contributed by atoms with E-state index < -0.39 is 0 Å². The number of nitrogens with zero attached hydrogens (tertiary/aromatic N) is 1. The summed E-state index contributed by atoms with van der Waals surface area (Å²) in [4.78, 5) is 3.99. The molecule has 0 radical (unpaired) electrons. The van der Waals surface area contributed by atoms with E-state index in [-0.39, 0.29) is 0 Å². The van der Waals surface area contributed by atoms with Crippen LogP contribution in [0, 0.1) is 0 Å². The number of hydrogen-bond acceptors (Lipinski definition) is 4. The van der Waals surface area contributed by atoms with Crippen LogP contribution in [0.15, 0.2) is 36.5 Å². The fourth-order valence-corrected chi connectivity index (χ4v) is 1.56. The molecule has 0 spiro atoms. The van der Waals surface area contributed by atoms with Crippen LogP contribution >= 0.6 is 11.6 Å². The number of nitrogen functional groups attached to an aromatic ring is 1. The second kappa shape index (κ2) is 4.93. The Hall–Kier alpha value is -1.94. The van der Waals surface area contributed by atoms with Crippen molar-refractivity contribution in [2.75, 3.05) is 18.2 Å². The van der Waals surface area contributed by atoms with Gasteiger partial charge in [0.1, 0.15) is 11.6 Å². The Morgan fingerprint density at radius 3 is 2.82 bits per heavy atom. The monoisotopic (exact) mass is 249 g/mol. The van der Waals surface area contributed by atoms with Gasteiger partial charge in [0, 0.05) is 12.3 Å². The molecule has 0 atom stereocenters. The lowest BCUT2D eigenvalue weighted by Gasteiger charge is -2.11. The molecule has 0 amide bonds. The zero-order valence-electron chi connectivity index (χ0n) is 9.27. The molecule has 0 aliphatic rings. The van der Waals surface area contributed by atoms with Gasteiger partial charge in [0.25, 0.3) is 0 Å². The van der Waals surface area contributed by atoms with Crippen molar-refractivity contribution in [2.24, 2.45) is 0 Å². The van der Waals surface area contributed by atoms with E-state index in [1.54, 1.807) is 37.6 Å². The first-order valence-electron chi connectivity index (χ1n) is 5.02. The van der Waals surface area contributed by atoms with Gasteiger partial charge in [0.05, 0.1) is 23.5 Å². The molecule has 1 heterocycles. The fraction of sp³-hybridized carbons (Fsp3) is 0.0833. The minimum Gasteiger partial charge on any atom is -0.497 e. The molecule has 3 N–H and O–H groups in total. The van der Waals surface area contributed by atoms with E-state index >= 15 is 0 Å². The number of anilines is 3. The number of aromatic nitrogens is 1. The number of methoxy groups -OCH3 is 1. The molecule has 0 aliphatic carbocycles. The summed E-state index contributed by atoms with van der Waals surface area (Å²) < 4.78 is 5.13. The van der Waals surface area contributed by atoms with Crippen molar-refractivity contribution in [3.05, 3.63) is 41.6 Å². The number of nitrogens with one attached hydrogen (secondary N) is 1. The van der Waals surface area contributed by atoms with E-state index in [1.807, 2.05) is 6.07 Å². The van der Waals surface area contributed by atoms with Crippen LogP contribution in [0.1, 0.15) is 0 Å². The average Bonchev–Trinajstić information content (AvgIpc) is 2.35. The molecule has 5 heteroatoms. The summed E-state index contributed by atoms with van der Waals surface area (Å²) in [6.07, 6.45) is 1.63. The van der Waals surface area contributed by atoms with Crippen LogP contribution in [-0.2, 0) is 0 Å². The Balaban J connectivity index is 2.32. The van der Waals surface area contributed by atoms with Crippen molar-refractivity contribution in [2.45, 2.75) is 0 Å². The highest BCUT2D eigenvalue weighted by molar-refractivity contribution is 6.33. The molecule has 2 rings (SSSR count). The van der Waals surface area contributed by atoms with Crippen LogP contribution < -0.4 is 15.8 Å². The molecular weight excluding hydrogens is 238 g/mol. The maximum atomic E-state index is 6.08. The van der Waals surface area contributed by atoms with Gasteiger partial charge in [0.2, 0.25) is 0 Å². The number of ether oxygens (including phenoxy) is 1. The van der Waals surface area contributed by atoms with Crippen LogP contribution in [0.2, 0.25) is 5.02 Å². The Kier molecular flexibility index (Phi) is 3.35. The van der Waals surface area contributed by atoms with E-state index in [4.69, 9.17) is 22.1 Å². The molecule has 88 valence electrons. The second-order valence-electron chi connectivity index (χ2n) is 3.41. The number of pyridine rings is 1. The molecule has 0 saturated heterocycles. The Bertz CT molecular complexity index is 531. The van der Waals surface area contributed by atoms with Crippen LogP contribution in [0.3, 0.4) is 0 Å². The molecule has 0 aliphatic heterocycles. The highest BCUT2D eigenvalue weighted by Gasteiger charge is 2.05. The number of benzene rings is 1. The second-order valence-corrected chi connectivity index (χ2v) is 3.81. The predicted molar refractivity (Wildman–Crippen MR) is 69.9 cm³/mol. The predicted octanol–water partition coefficient (Wildman–Crippen LogP) is 3.07. The minimum atomic E-state index is 0.423. The average molecular weight is 250 g/mol. The van der Waals surface area contributed by atoms with E-state index in [9.17, 15) is 0 Å². The summed E-state index contributed by atoms with van der Waals surface area (Å²) in [5, 5.41) is 3.71. The number of halogens is 1. The van der Waals surface area contributed by atoms with E-state index in [2.05, 4.69) is 10.3 Å². The molecule has 4 nitrogen and oxygen atoms in total. The smallest absolute Gasteiger partial charge is 0.147 e. The van der Waals surface area contributed by atoms with Crippen molar-refractivity contribution in [3.63, 3.8) is 0 Å². The van der Waals surface area contributed by atoms with Crippen molar-refractivity contribution < 1.29 is 4.74 Å². The maximum Gasteiger partial charge on any atom is 0.147 e. The highest BCUT2D eigenvalue weighted by atomic mass is 35.5. The summed E-state index contributed by atoms with van der Waals surface area (Å²) in [6, 6.07) is 8.98. The topological polar surface area (TPSA) is 60.2 Å². The Morgan fingerprint density at radius 2 is 2.12 bits per heavy atom. The molecule has 1 aromatic carbocycles. The maximum absolute atomic E-state index is 6.08. The highest BCUT2D eigenvalue weighted by Crippen LogP contribution is 2.30. The van der Waals surface area contributed by atoms with Crippen molar-refractivity contribution in [1.29, 1.82) is 0 Å². The van der Waals surface area contributed by atoms with Gasteiger partial charge in [-0.2, -0.15) is 0 Å². The van der Waals surface area contributed by atoms with Crippen LogP contribution in [0.25, 0.3) is 0 Å². The zero-order valence-corrected chi connectivity index (χ0v) is 10.0. The Labute approximate surface area is 104 Å². The third-order valence-electron chi connectivity index (χ3n) is 2.28. The molecule has 0 saturated carbocycles. The van der Waals surface area contributed by atoms with Crippen LogP contribution in [-0.4, -0.2) is 12.1 Å². The largest absolute Gasteiger partial charge is 0.497 e. The molecule has 0 fully saturated rings. The van der Waals surface area contributed by atoms with Crippen molar-refractivity contribution >= 4 is 28.8 Å². The van der Waals surface area contributed by atoms with Gasteiger partial charge < -0.3 is 15.8 Å². The first-order chi connectivity index (χ1) is 8.20. The summed E-state index contributed by atoms with van der Waals surface area (Å²) >= 11 is 6.08. The number of rotatable bonds is 3. The van der Waals surface area contributed by atoms with Crippen molar-refractivity contribution in [3.8, 4) is 5.75 Å². The SMILES string of the molecule is COc1ccc(Cl)c(Nc2cccnc2N)c1. The van der Waals surface area contributed by atoms with Crippen molar-refractivity contribution in [1.82, 2.24) is 4.98 Å². The zero-order chi connectivity index (χ0) is 12.3. The van der Waals surface area contributed by atoms with Crippen LogP contribution in [0.4, 0.5) is 17.2 Å². The molecule has 0 unspecified atom stereocenters. The lowest BCUT2D eigenvalue weighted by atomic mass is 10.2. The standard InChI is InChI=1S/C12H12ClN3O/c1-17-8-4-5-9(13)11(7-8)16-10-3-2-6-15-12(10)14/h2-7,16H,1H3,(H2,14,15). The van der Waals surface area contributed by atoms with E-state index in [0.29, 0.717) is 16.5 Å². The van der Waals surface area contributed by atoms with Gasteiger partial charge in [-0.25, -0.2) is 4.98 Å². The lowest BCUT2D eigenvalue weighted by molar-refractivity contribution is 0.415. The molecule has 2 aromatic rings. The fourth-order valence-electron chi connectivity index (χ4n) is 1.40. The summed E-state index contributed by atoms with van der Waals surface area (Å²) in [5.74, 6) is 1.14. The normalized spacial score (nSPS) is 10.0. The molecule has 17 heavy (non-hydrogen) atoms. The summed E-state index contributed by atoms with van der Waals surface area (Å²) in [7, 11) is 1.60. The quantitative estimate of drug-likeness (QED) is 0.878. The molecule has 0 bridgehead atoms. The third kappa shape index (κ3) is 2.60. The van der Waals surface area contributed by atoms with Crippen LogP contribution in [0.5, 0.6) is 5.75 Å². The summed E-state index contributed by atoms with van der Waals surface area (Å²) in [6.45, 7) is 0. The first-order valence-corrected chi connectivity index (χ1v) is 5.39. The lowest BCUT2D eigenvalue weighted by Crippen LogP contribution is -1.98. The van der Waals surface area contributed by atoms with E-state index in [0.717, 1.165) is 11.4 Å². The van der Waals surface area contributed by atoms with Gasteiger partial charge in [0.15, 0.2) is 0 Å². The van der Waals surface area contributed by atoms with Gasteiger partial charge in [-0.15, -0.1) is 0 Å².